The van der Waals surface area contributed by atoms with Gasteiger partial charge in [-0.1, -0.05) is 0 Å². The molecule has 0 saturated carbocycles. The highest BCUT2D eigenvalue weighted by Gasteiger charge is 2.23. The van der Waals surface area contributed by atoms with Crippen LogP contribution in [0.1, 0.15) is 6.92 Å². The maximum atomic E-state index is 11.6. The first-order valence-electron chi connectivity index (χ1n) is 6.15. The third-order valence-electron chi connectivity index (χ3n) is 3.21. The number of anilines is 2. The van der Waals surface area contributed by atoms with Gasteiger partial charge in [-0.25, -0.2) is 0 Å². The molecular formula is C13H19N3O2. The van der Waals surface area contributed by atoms with Gasteiger partial charge in [0.2, 0.25) is 0 Å². The Morgan fingerprint density at radius 2 is 1.78 bits per heavy atom. The van der Waals surface area contributed by atoms with Gasteiger partial charge in [0.05, 0.1) is 0 Å². The zero-order chi connectivity index (χ0) is 13.1. The Kier molecular flexibility index (Phi) is 3.72. The Morgan fingerprint density at radius 1 is 1.22 bits per heavy atom. The number of piperazine rings is 1. The summed E-state index contributed by atoms with van der Waals surface area (Å²) in [5.41, 5.74) is 7.52. The van der Waals surface area contributed by atoms with Crippen molar-refractivity contribution in [3.8, 4) is 0 Å². The SMILES string of the molecule is CC(O)C(=O)N1CCN(c2ccc(N)cc2)CC1. The molecule has 0 bridgehead atoms. The number of nitrogens with two attached hydrogens (primary N) is 1. The van der Waals surface area contributed by atoms with Crippen LogP contribution in [-0.2, 0) is 4.79 Å². The van der Waals surface area contributed by atoms with E-state index < -0.39 is 6.10 Å². The van der Waals surface area contributed by atoms with Gasteiger partial charge in [-0.3, -0.25) is 4.79 Å². The molecule has 5 nitrogen and oxygen atoms in total. The number of hydrogen-bond acceptors (Lipinski definition) is 4. The molecule has 1 aliphatic heterocycles. The van der Waals surface area contributed by atoms with Crippen LogP contribution >= 0.6 is 0 Å². The lowest BCUT2D eigenvalue weighted by Gasteiger charge is -2.36. The Bertz CT molecular complexity index is 409. The molecule has 1 fully saturated rings. The fourth-order valence-electron chi connectivity index (χ4n) is 2.13. The van der Waals surface area contributed by atoms with Crippen LogP contribution in [0.3, 0.4) is 0 Å². The average Bonchev–Trinajstić information content (AvgIpc) is 2.39. The number of aliphatic hydroxyl groups is 1. The van der Waals surface area contributed by atoms with Gasteiger partial charge < -0.3 is 20.6 Å². The molecule has 1 atom stereocenters. The fourth-order valence-corrected chi connectivity index (χ4v) is 2.13. The summed E-state index contributed by atoms with van der Waals surface area (Å²) < 4.78 is 0. The van der Waals surface area contributed by atoms with Gasteiger partial charge in [0, 0.05) is 37.6 Å². The second-order valence-corrected chi connectivity index (χ2v) is 4.58. The van der Waals surface area contributed by atoms with E-state index in [4.69, 9.17) is 5.73 Å². The first-order chi connectivity index (χ1) is 8.58. The second-order valence-electron chi connectivity index (χ2n) is 4.58. The molecule has 0 radical (unpaired) electrons. The van der Waals surface area contributed by atoms with Crippen LogP contribution in [0.25, 0.3) is 0 Å². The Labute approximate surface area is 107 Å². The molecule has 1 aliphatic rings. The Hall–Kier alpha value is -1.75. The minimum atomic E-state index is -0.909. The van der Waals surface area contributed by atoms with Crippen LogP contribution in [0.5, 0.6) is 0 Å². The van der Waals surface area contributed by atoms with Crippen LogP contribution in [0.15, 0.2) is 24.3 Å². The quantitative estimate of drug-likeness (QED) is 0.740. The van der Waals surface area contributed by atoms with E-state index in [0.29, 0.717) is 13.1 Å². The maximum Gasteiger partial charge on any atom is 0.251 e. The number of nitrogen functional groups attached to an aromatic ring is 1. The smallest absolute Gasteiger partial charge is 0.251 e. The van der Waals surface area contributed by atoms with Gasteiger partial charge in [0.15, 0.2) is 0 Å². The van der Waals surface area contributed by atoms with Crippen LogP contribution < -0.4 is 10.6 Å². The van der Waals surface area contributed by atoms with Gasteiger partial charge >= 0.3 is 0 Å². The van der Waals surface area contributed by atoms with E-state index in [1.165, 1.54) is 6.92 Å². The average molecular weight is 249 g/mol. The van der Waals surface area contributed by atoms with Gasteiger partial charge in [-0.15, -0.1) is 0 Å². The second kappa shape index (κ2) is 5.27. The molecular weight excluding hydrogens is 230 g/mol. The van der Waals surface area contributed by atoms with Crippen molar-refractivity contribution >= 4 is 17.3 Å². The molecule has 1 aromatic carbocycles. The topological polar surface area (TPSA) is 69.8 Å². The molecule has 0 aliphatic carbocycles. The van der Waals surface area contributed by atoms with Crippen molar-refractivity contribution in [3.63, 3.8) is 0 Å². The van der Waals surface area contributed by atoms with Crippen molar-refractivity contribution in [3.05, 3.63) is 24.3 Å². The highest BCUT2D eigenvalue weighted by atomic mass is 16.3. The predicted molar refractivity (Wildman–Crippen MR) is 71.3 cm³/mol. The lowest BCUT2D eigenvalue weighted by molar-refractivity contribution is -0.139. The monoisotopic (exact) mass is 249 g/mol. The highest BCUT2D eigenvalue weighted by Crippen LogP contribution is 2.18. The first kappa shape index (κ1) is 12.7. The molecule has 5 heteroatoms. The van der Waals surface area contributed by atoms with Crippen LogP contribution in [-0.4, -0.2) is 48.2 Å². The third kappa shape index (κ3) is 2.73. The number of carbonyl (C=O) groups is 1. The van der Waals surface area contributed by atoms with Crippen molar-refractivity contribution in [2.75, 3.05) is 36.8 Å². The van der Waals surface area contributed by atoms with Gasteiger partial charge in [-0.2, -0.15) is 0 Å². The number of benzene rings is 1. The molecule has 18 heavy (non-hydrogen) atoms. The zero-order valence-electron chi connectivity index (χ0n) is 10.5. The van der Waals surface area contributed by atoms with Crippen LogP contribution in [0, 0.1) is 0 Å². The molecule has 1 aromatic rings. The van der Waals surface area contributed by atoms with Crippen LogP contribution in [0.2, 0.25) is 0 Å². The molecule has 1 heterocycles. The molecule has 98 valence electrons. The maximum absolute atomic E-state index is 11.6. The van der Waals surface area contributed by atoms with E-state index in [1.807, 2.05) is 24.3 Å². The summed E-state index contributed by atoms with van der Waals surface area (Å²) in [7, 11) is 0. The molecule has 0 aromatic heterocycles. The van der Waals surface area contributed by atoms with E-state index in [-0.39, 0.29) is 5.91 Å². The first-order valence-corrected chi connectivity index (χ1v) is 6.15. The van der Waals surface area contributed by atoms with Gasteiger partial charge in [0.1, 0.15) is 6.10 Å². The Morgan fingerprint density at radius 3 is 2.28 bits per heavy atom. The van der Waals surface area contributed by atoms with E-state index in [9.17, 15) is 9.90 Å². The van der Waals surface area contributed by atoms with Gasteiger partial charge in [0.25, 0.3) is 5.91 Å². The van der Waals surface area contributed by atoms with E-state index in [2.05, 4.69) is 4.90 Å². The zero-order valence-corrected chi connectivity index (χ0v) is 10.5. The number of hydrogen-bond donors (Lipinski definition) is 2. The van der Waals surface area contributed by atoms with Crippen molar-refractivity contribution in [1.82, 2.24) is 4.90 Å². The number of amides is 1. The van der Waals surface area contributed by atoms with Crippen molar-refractivity contribution in [2.24, 2.45) is 0 Å². The van der Waals surface area contributed by atoms with Crippen molar-refractivity contribution in [1.29, 1.82) is 0 Å². The normalized spacial score (nSPS) is 17.7. The molecule has 3 N–H and O–H groups in total. The minimum Gasteiger partial charge on any atom is -0.399 e. The number of aliphatic hydroxyl groups excluding tert-OH is 1. The summed E-state index contributed by atoms with van der Waals surface area (Å²) >= 11 is 0. The minimum absolute atomic E-state index is 0.188. The summed E-state index contributed by atoms with van der Waals surface area (Å²) in [5, 5.41) is 9.27. The predicted octanol–water partition coefficient (Wildman–Crippen LogP) is 0.298. The molecule has 1 saturated heterocycles. The molecule has 0 spiro atoms. The lowest BCUT2D eigenvalue weighted by Crippen LogP contribution is -2.51. The summed E-state index contributed by atoms with van der Waals surface area (Å²) in [6.07, 6.45) is -0.909. The van der Waals surface area contributed by atoms with Crippen LogP contribution in [0.4, 0.5) is 11.4 Å². The molecule has 2 rings (SSSR count). The fraction of sp³-hybridized carbons (Fsp3) is 0.462. The molecule has 1 unspecified atom stereocenters. The summed E-state index contributed by atoms with van der Waals surface area (Å²) in [6.45, 7) is 4.36. The van der Waals surface area contributed by atoms with Gasteiger partial charge in [-0.05, 0) is 31.2 Å². The number of carbonyl (C=O) groups excluding carboxylic acids is 1. The van der Waals surface area contributed by atoms with Crippen molar-refractivity contribution in [2.45, 2.75) is 13.0 Å². The Balaban J connectivity index is 1.94. The highest BCUT2D eigenvalue weighted by molar-refractivity contribution is 5.80. The summed E-state index contributed by atoms with van der Waals surface area (Å²) in [4.78, 5) is 15.5. The number of rotatable bonds is 2. The summed E-state index contributed by atoms with van der Waals surface area (Å²) in [5.74, 6) is -0.188. The lowest BCUT2D eigenvalue weighted by atomic mass is 10.2. The standard InChI is InChI=1S/C13H19N3O2/c1-10(17)13(18)16-8-6-15(7-9-16)12-4-2-11(14)3-5-12/h2-5,10,17H,6-9,14H2,1H3. The molecule has 1 amide bonds. The van der Waals surface area contributed by atoms with E-state index in [0.717, 1.165) is 24.5 Å². The van der Waals surface area contributed by atoms with E-state index >= 15 is 0 Å². The summed E-state index contributed by atoms with van der Waals surface area (Å²) in [6, 6.07) is 7.73. The number of nitrogens with zero attached hydrogens (tertiary/aromatic N) is 2. The van der Waals surface area contributed by atoms with Crippen molar-refractivity contribution < 1.29 is 9.90 Å². The largest absolute Gasteiger partial charge is 0.399 e. The van der Waals surface area contributed by atoms with E-state index in [1.54, 1.807) is 4.90 Å². The third-order valence-corrected chi connectivity index (χ3v) is 3.21.